The van der Waals surface area contributed by atoms with E-state index in [0.29, 0.717) is 18.7 Å². The van der Waals surface area contributed by atoms with Gasteiger partial charge < -0.3 is 10.5 Å². The molecule has 18 heavy (non-hydrogen) atoms. The molecule has 1 aromatic rings. The highest BCUT2D eigenvalue weighted by Crippen LogP contribution is 2.29. The maximum Gasteiger partial charge on any atom is 0.154 e. The van der Waals surface area contributed by atoms with Crippen LogP contribution in [0.1, 0.15) is 12.0 Å². The third kappa shape index (κ3) is 3.46. The fourth-order valence-corrected chi connectivity index (χ4v) is 4.10. The second-order valence-corrected chi connectivity index (χ2v) is 7.53. The topological polar surface area (TPSA) is 69.4 Å². The van der Waals surface area contributed by atoms with Gasteiger partial charge in [0.1, 0.15) is 11.9 Å². The number of halogens is 1. The molecule has 1 saturated heterocycles. The molecule has 1 fully saturated rings. The summed E-state index contributed by atoms with van der Waals surface area (Å²) in [6.07, 6.45) is 1.15. The zero-order chi connectivity index (χ0) is 13.2. The van der Waals surface area contributed by atoms with Crippen LogP contribution in [0.2, 0.25) is 0 Å². The van der Waals surface area contributed by atoms with Gasteiger partial charge in [-0.25, -0.2) is 8.42 Å². The maximum absolute atomic E-state index is 11.3. The van der Waals surface area contributed by atoms with Gasteiger partial charge in [0.15, 0.2) is 9.84 Å². The van der Waals surface area contributed by atoms with Crippen LogP contribution >= 0.6 is 15.9 Å². The zero-order valence-electron chi connectivity index (χ0n) is 9.93. The third-order valence-corrected chi connectivity index (χ3v) is 5.27. The summed E-state index contributed by atoms with van der Waals surface area (Å²) < 4.78 is 29.3. The van der Waals surface area contributed by atoms with Crippen LogP contribution in [0.3, 0.4) is 0 Å². The summed E-state index contributed by atoms with van der Waals surface area (Å²) in [5.41, 5.74) is 6.63. The molecule has 1 unspecified atom stereocenters. The summed E-state index contributed by atoms with van der Waals surface area (Å²) in [4.78, 5) is 0. The average molecular weight is 334 g/mol. The van der Waals surface area contributed by atoms with Gasteiger partial charge in [-0.2, -0.15) is 0 Å². The number of benzene rings is 1. The van der Waals surface area contributed by atoms with Crippen LogP contribution in [0.15, 0.2) is 22.7 Å². The first kappa shape index (κ1) is 13.8. The van der Waals surface area contributed by atoms with Crippen LogP contribution in [0.4, 0.5) is 0 Å². The van der Waals surface area contributed by atoms with E-state index in [2.05, 4.69) is 15.9 Å². The van der Waals surface area contributed by atoms with Crippen LogP contribution in [-0.4, -0.2) is 32.6 Å². The molecule has 0 spiro atoms. The average Bonchev–Trinajstić information content (AvgIpc) is 2.63. The van der Waals surface area contributed by atoms with Gasteiger partial charge in [-0.05, 0) is 53.0 Å². The molecule has 2 rings (SSSR count). The standard InChI is InChI=1S/C12H16BrNO3S/c13-11-7-9(3-5-14)1-2-12(11)17-10-4-6-18(15,16)8-10/h1-2,7,10H,3-6,8,14H2. The Balaban J connectivity index is 2.06. The van der Waals surface area contributed by atoms with Crippen molar-refractivity contribution in [3.63, 3.8) is 0 Å². The third-order valence-electron chi connectivity index (χ3n) is 2.91. The van der Waals surface area contributed by atoms with Crippen LogP contribution in [0.5, 0.6) is 5.75 Å². The van der Waals surface area contributed by atoms with Crippen molar-refractivity contribution in [3.05, 3.63) is 28.2 Å². The van der Waals surface area contributed by atoms with E-state index < -0.39 is 9.84 Å². The van der Waals surface area contributed by atoms with E-state index in [4.69, 9.17) is 10.5 Å². The molecule has 0 aromatic heterocycles. The quantitative estimate of drug-likeness (QED) is 0.906. The predicted octanol–water partition coefficient (Wildman–Crippen LogP) is 1.52. The van der Waals surface area contributed by atoms with Gasteiger partial charge >= 0.3 is 0 Å². The molecule has 1 aliphatic heterocycles. The van der Waals surface area contributed by atoms with E-state index in [1.54, 1.807) is 0 Å². The van der Waals surface area contributed by atoms with E-state index in [-0.39, 0.29) is 17.6 Å². The van der Waals surface area contributed by atoms with E-state index in [1.807, 2.05) is 18.2 Å². The Morgan fingerprint density at radius 1 is 1.44 bits per heavy atom. The second-order valence-electron chi connectivity index (χ2n) is 4.45. The molecule has 1 aliphatic rings. The lowest BCUT2D eigenvalue weighted by atomic mass is 10.1. The number of nitrogens with two attached hydrogens (primary N) is 1. The largest absolute Gasteiger partial charge is 0.488 e. The van der Waals surface area contributed by atoms with Gasteiger partial charge in [-0.3, -0.25) is 0 Å². The Morgan fingerprint density at radius 3 is 2.78 bits per heavy atom. The van der Waals surface area contributed by atoms with E-state index in [9.17, 15) is 8.42 Å². The number of rotatable bonds is 4. The highest BCUT2D eigenvalue weighted by molar-refractivity contribution is 9.10. The second kappa shape index (κ2) is 5.59. The normalized spacial score (nSPS) is 22.0. The fraction of sp³-hybridized carbons (Fsp3) is 0.500. The lowest BCUT2D eigenvalue weighted by molar-refractivity contribution is 0.227. The Labute approximate surface area is 116 Å². The lowest BCUT2D eigenvalue weighted by Gasteiger charge is -2.14. The van der Waals surface area contributed by atoms with Gasteiger partial charge in [0, 0.05) is 0 Å². The Morgan fingerprint density at radius 2 is 2.22 bits per heavy atom. The van der Waals surface area contributed by atoms with E-state index in [1.165, 1.54) is 0 Å². The molecule has 2 N–H and O–H groups in total. The van der Waals surface area contributed by atoms with E-state index >= 15 is 0 Å². The monoisotopic (exact) mass is 333 g/mol. The molecule has 0 amide bonds. The zero-order valence-corrected chi connectivity index (χ0v) is 12.3. The Kier molecular flexibility index (Phi) is 4.29. The summed E-state index contributed by atoms with van der Waals surface area (Å²) in [7, 11) is -2.90. The molecule has 4 nitrogen and oxygen atoms in total. The van der Waals surface area contributed by atoms with Crippen LogP contribution in [0.25, 0.3) is 0 Å². The first-order chi connectivity index (χ1) is 8.50. The minimum Gasteiger partial charge on any atom is -0.488 e. The Bertz CT molecular complexity index is 530. The van der Waals surface area contributed by atoms with Crippen molar-refractivity contribution in [1.29, 1.82) is 0 Å². The van der Waals surface area contributed by atoms with Gasteiger partial charge in [0.25, 0.3) is 0 Å². The predicted molar refractivity (Wildman–Crippen MR) is 74.6 cm³/mol. The van der Waals surface area contributed by atoms with Crippen molar-refractivity contribution in [1.82, 2.24) is 0 Å². The minimum absolute atomic E-state index is 0.115. The van der Waals surface area contributed by atoms with Gasteiger partial charge in [0.05, 0.1) is 16.0 Å². The SMILES string of the molecule is NCCc1ccc(OC2CCS(=O)(=O)C2)c(Br)c1. The van der Waals surface area contributed by atoms with Crippen LogP contribution < -0.4 is 10.5 Å². The van der Waals surface area contributed by atoms with Crippen molar-refractivity contribution >= 4 is 25.8 Å². The Hall–Kier alpha value is -0.590. The molecule has 0 bridgehead atoms. The van der Waals surface area contributed by atoms with Crippen LogP contribution in [0, 0.1) is 0 Å². The molecule has 1 atom stereocenters. The van der Waals surface area contributed by atoms with Crippen molar-refractivity contribution in [2.24, 2.45) is 5.73 Å². The molecule has 1 aromatic carbocycles. The fourth-order valence-electron chi connectivity index (χ4n) is 2.00. The lowest BCUT2D eigenvalue weighted by Crippen LogP contribution is -2.18. The van der Waals surface area contributed by atoms with Crippen molar-refractivity contribution in [2.75, 3.05) is 18.1 Å². The molecule has 100 valence electrons. The van der Waals surface area contributed by atoms with Gasteiger partial charge in [-0.15, -0.1) is 0 Å². The van der Waals surface area contributed by atoms with Crippen molar-refractivity contribution in [3.8, 4) is 5.75 Å². The van der Waals surface area contributed by atoms with Crippen LogP contribution in [-0.2, 0) is 16.3 Å². The molecule has 1 heterocycles. The van der Waals surface area contributed by atoms with Crippen molar-refractivity contribution in [2.45, 2.75) is 18.9 Å². The summed E-state index contributed by atoms with van der Waals surface area (Å²) in [6.45, 7) is 0.605. The van der Waals surface area contributed by atoms with Gasteiger partial charge in [0.2, 0.25) is 0 Å². The first-order valence-electron chi connectivity index (χ1n) is 5.86. The summed E-state index contributed by atoms with van der Waals surface area (Å²) >= 11 is 3.44. The number of hydrogen-bond acceptors (Lipinski definition) is 4. The summed E-state index contributed by atoms with van der Waals surface area (Å²) in [5.74, 6) is 1.03. The number of sulfone groups is 1. The minimum atomic E-state index is -2.90. The highest BCUT2D eigenvalue weighted by atomic mass is 79.9. The highest BCUT2D eigenvalue weighted by Gasteiger charge is 2.29. The number of ether oxygens (including phenoxy) is 1. The first-order valence-corrected chi connectivity index (χ1v) is 8.47. The molecular weight excluding hydrogens is 318 g/mol. The molecule has 0 aliphatic carbocycles. The maximum atomic E-state index is 11.3. The summed E-state index contributed by atoms with van der Waals surface area (Å²) in [6, 6.07) is 5.78. The molecule has 0 radical (unpaired) electrons. The molecule has 6 heteroatoms. The van der Waals surface area contributed by atoms with Crippen molar-refractivity contribution < 1.29 is 13.2 Å². The number of hydrogen-bond donors (Lipinski definition) is 1. The van der Waals surface area contributed by atoms with E-state index in [0.717, 1.165) is 16.5 Å². The molecule has 0 saturated carbocycles. The molecular formula is C12H16BrNO3S. The van der Waals surface area contributed by atoms with Gasteiger partial charge in [-0.1, -0.05) is 6.07 Å². The smallest absolute Gasteiger partial charge is 0.154 e. The summed E-state index contributed by atoms with van der Waals surface area (Å²) in [5, 5.41) is 0.